The number of carbonyl (C=O) groups excluding carboxylic acids is 3. The SMILES string of the molecule is COC(=O)NCCOC(c1cccc(Cl)c1)c1cc(C(=O)N[C@@H](CC2CCCCC2)CN(C)C(=O)OC(C)(C)C)cc(C2CCCC2)c1. The first-order chi connectivity index (χ1) is 22.9. The fraction of sp³-hybridized carbons (Fsp3) is 0.605. The van der Waals surface area contributed by atoms with E-state index >= 15 is 0 Å². The minimum atomic E-state index is -0.610. The monoisotopic (exact) mass is 683 g/mol. The van der Waals surface area contributed by atoms with Gasteiger partial charge in [-0.05, 0) is 92.8 Å². The van der Waals surface area contributed by atoms with Gasteiger partial charge in [-0.15, -0.1) is 0 Å². The number of amides is 3. The van der Waals surface area contributed by atoms with E-state index in [1.54, 1.807) is 11.9 Å². The van der Waals surface area contributed by atoms with Crippen molar-refractivity contribution in [2.24, 2.45) is 5.92 Å². The number of nitrogens with one attached hydrogen (secondary N) is 2. The van der Waals surface area contributed by atoms with E-state index in [-0.39, 0.29) is 25.1 Å². The Morgan fingerprint density at radius 2 is 1.67 bits per heavy atom. The second kappa shape index (κ2) is 17.9. The molecule has 0 saturated heterocycles. The van der Waals surface area contributed by atoms with Crippen molar-refractivity contribution in [3.05, 3.63) is 69.7 Å². The van der Waals surface area contributed by atoms with Gasteiger partial charge in [0, 0.05) is 36.8 Å². The van der Waals surface area contributed by atoms with Crippen LogP contribution in [0.5, 0.6) is 0 Å². The number of halogens is 1. The van der Waals surface area contributed by atoms with Gasteiger partial charge in [-0.1, -0.05) is 74.7 Å². The topological polar surface area (TPSA) is 106 Å². The Morgan fingerprint density at radius 1 is 0.958 bits per heavy atom. The third kappa shape index (κ3) is 11.7. The van der Waals surface area contributed by atoms with Crippen molar-refractivity contribution in [3.8, 4) is 0 Å². The molecular weight excluding hydrogens is 630 g/mol. The summed E-state index contributed by atoms with van der Waals surface area (Å²) in [7, 11) is 3.05. The molecule has 3 amide bonds. The van der Waals surface area contributed by atoms with Gasteiger partial charge in [0.25, 0.3) is 5.91 Å². The number of alkyl carbamates (subject to hydrolysis) is 1. The van der Waals surface area contributed by atoms with E-state index in [1.807, 2.05) is 57.2 Å². The zero-order chi connectivity index (χ0) is 34.7. The molecule has 0 radical (unpaired) electrons. The lowest BCUT2D eigenvalue weighted by Gasteiger charge is -2.31. The second-order valence-corrected chi connectivity index (χ2v) is 14.8. The van der Waals surface area contributed by atoms with E-state index in [2.05, 4.69) is 16.7 Å². The van der Waals surface area contributed by atoms with Gasteiger partial charge in [0.05, 0.1) is 13.7 Å². The van der Waals surface area contributed by atoms with E-state index < -0.39 is 23.9 Å². The van der Waals surface area contributed by atoms with Gasteiger partial charge >= 0.3 is 12.2 Å². The lowest BCUT2D eigenvalue weighted by atomic mass is 9.84. The van der Waals surface area contributed by atoms with Crippen molar-refractivity contribution in [2.75, 3.05) is 33.9 Å². The van der Waals surface area contributed by atoms with Gasteiger partial charge < -0.3 is 29.7 Å². The average molecular weight is 684 g/mol. The summed E-state index contributed by atoms with van der Waals surface area (Å²) in [6.07, 6.45) is 9.70. The van der Waals surface area contributed by atoms with E-state index in [9.17, 15) is 14.4 Å². The quantitative estimate of drug-likeness (QED) is 0.206. The highest BCUT2D eigenvalue weighted by Crippen LogP contribution is 2.37. The zero-order valence-electron chi connectivity index (χ0n) is 29.3. The van der Waals surface area contributed by atoms with Gasteiger partial charge in [0.2, 0.25) is 0 Å². The van der Waals surface area contributed by atoms with Crippen LogP contribution in [0.4, 0.5) is 9.59 Å². The summed E-state index contributed by atoms with van der Waals surface area (Å²) in [5.74, 6) is 0.677. The Morgan fingerprint density at radius 3 is 2.33 bits per heavy atom. The summed E-state index contributed by atoms with van der Waals surface area (Å²) in [5, 5.41) is 6.57. The lowest BCUT2D eigenvalue weighted by molar-refractivity contribution is 0.0274. The molecule has 4 rings (SSSR count). The molecule has 9 nitrogen and oxygen atoms in total. The number of likely N-dealkylation sites (N-methyl/N-ethyl adjacent to an activating group) is 1. The van der Waals surface area contributed by atoms with E-state index in [4.69, 9.17) is 25.8 Å². The molecule has 2 saturated carbocycles. The molecule has 2 atom stereocenters. The smallest absolute Gasteiger partial charge is 0.410 e. The fourth-order valence-electron chi connectivity index (χ4n) is 6.93. The second-order valence-electron chi connectivity index (χ2n) is 14.4. The molecular formula is C38H54ClN3O6. The van der Waals surface area contributed by atoms with Gasteiger partial charge in [0.15, 0.2) is 0 Å². The number of nitrogens with zero attached hydrogens (tertiary/aromatic N) is 1. The molecule has 48 heavy (non-hydrogen) atoms. The molecule has 2 N–H and O–H groups in total. The van der Waals surface area contributed by atoms with Gasteiger partial charge in [-0.2, -0.15) is 0 Å². The molecule has 264 valence electrons. The van der Waals surface area contributed by atoms with Gasteiger partial charge in [-0.25, -0.2) is 9.59 Å². The first kappa shape index (κ1) is 37.5. The highest BCUT2D eigenvalue weighted by Gasteiger charge is 2.28. The van der Waals surface area contributed by atoms with Gasteiger partial charge in [0.1, 0.15) is 11.7 Å². The molecule has 2 aromatic rings. The van der Waals surface area contributed by atoms with Gasteiger partial charge in [-0.3, -0.25) is 4.79 Å². The molecule has 0 bridgehead atoms. The zero-order valence-corrected chi connectivity index (χ0v) is 30.1. The Kier molecular flexibility index (Phi) is 14.0. The standard InChI is InChI=1S/C38H54ClN3O6/c1-38(2,3)48-37(45)42(4)25-33(20-26-12-7-6-8-13-26)41-35(43)31-22-29(27-14-9-10-15-27)21-30(23-31)34(28-16-11-17-32(39)24-28)47-19-18-40-36(44)46-5/h11,16-17,21-24,26-27,33-34H,6-10,12-15,18-20,25H2,1-5H3,(H,40,44)(H,41,43)/t33-,34?/m0/s1. The summed E-state index contributed by atoms with van der Waals surface area (Å²) in [5.41, 5.74) is 2.77. The molecule has 10 heteroatoms. The molecule has 0 heterocycles. The molecule has 2 aliphatic carbocycles. The molecule has 2 aromatic carbocycles. The van der Waals surface area contributed by atoms with Crippen LogP contribution in [-0.4, -0.2) is 68.5 Å². The molecule has 0 spiro atoms. The predicted octanol–water partition coefficient (Wildman–Crippen LogP) is 8.40. The van der Waals surface area contributed by atoms with Crippen molar-refractivity contribution in [1.29, 1.82) is 0 Å². The van der Waals surface area contributed by atoms with Crippen LogP contribution in [-0.2, 0) is 14.2 Å². The van der Waals surface area contributed by atoms with Crippen LogP contribution < -0.4 is 10.6 Å². The maximum atomic E-state index is 14.2. The van der Waals surface area contributed by atoms with E-state index in [1.165, 1.54) is 26.4 Å². The van der Waals surface area contributed by atoms with E-state index in [0.29, 0.717) is 29.0 Å². The van der Waals surface area contributed by atoms with Crippen molar-refractivity contribution in [2.45, 2.75) is 109 Å². The van der Waals surface area contributed by atoms with Crippen LogP contribution in [0.25, 0.3) is 0 Å². The van der Waals surface area contributed by atoms with Crippen molar-refractivity contribution >= 4 is 29.7 Å². The fourth-order valence-corrected chi connectivity index (χ4v) is 7.13. The first-order valence-electron chi connectivity index (χ1n) is 17.5. The average Bonchev–Trinajstić information content (AvgIpc) is 3.59. The molecule has 2 aliphatic rings. The van der Waals surface area contributed by atoms with Crippen molar-refractivity contribution < 1.29 is 28.6 Å². The number of hydrogen-bond donors (Lipinski definition) is 2. The Bertz CT molecular complexity index is 1370. The number of carbonyl (C=O) groups is 3. The maximum Gasteiger partial charge on any atom is 0.410 e. The van der Waals surface area contributed by atoms with Crippen LogP contribution in [0.2, 0.25) is 5.02 Å². The maximum absolute atomic E-state index is 14.2. The van der Waals surface area contributed by atoms with Crippen molar-refractivity contribution in [3.63, 3.8) is 0 Å². The lowest BCUT2D eigenvalue weighted by Crippen LogP contribution is -2.46. The Hall–Kier alpha value is -3.30. The highest BCUT2D eigenvalue weighted by molar-refractivity contribution is 6.30. The minimum absolute atomic E-state index is 0.174. The molecule has 1 unspecified atom stereocenters. The van der Waals surface area contributed by atoms with Crippen LogP contribution in [0.3, 0.4) is 0 Å². The summed E-state index contributed by atoms with van der Waals surface area (Å²) in [6.45, 7) is 6.39. The predicted molar refractivity (Wildman–Crippen MR) is 189 cm³/mol. The highest BCUT2D eigenvalue weighted by atomic mass is 35.5. The van der Waals surface area contributed by atoms with Crippen LogP contribution in [0, 0.1) is 5.92 Å². The Labute approximate surface area is 291 Å². The summed E-state index contributed by atoms with van der Waals surface area (Å²) < 4.78 is 16.7. The first-order valence-corrected chi connectivity index (χ1v) is 17.9. The normalized spacial score (nSPS) is 17.0. The van der Waals surface area contributed by atoms with Crippen LogP contribution >= 0.6 is 11.6 Å². The third-order valence-corrected chi connectivity index (χ3v) is 9.47. The number of hydrogen-bond acceptors (Lipinski definition) is 6. The largest absolute Gasteiger partial charge is 0.453 e. The summed E-state index contributed by atoms with van der Waals surface area (Å²) >= 11 is 6.42. The van der Waals surface area contributed by atoms with Crippen LogP contribution in [0.1, 0.15) is 124 Å². The number of rotatable bonds is 13. The van der Waals surface area contributed by atoms with E-state index in [0.717, 1.165) is 61.6 Å². The summed E-state index contributed by atoms with van der Waals surface area (Å²) in [4.78, 5) is 40.3. The number of benzene rings is 2. The Balaban J connectivity index is 1.63. The molecule has 0 aromatic heterocycles. The molecule has 2 fully saturated rings. The summed E-state index contributed by atoms with van der Waals surface area (Å²) in [6, 6.07) is 13.4. The number of methoxy groups -OCH3 is 1. The molecule has 0 aliphatic heterocycles. The number of ether oxygens (including phenoxy) is 3. The third-order valence-electron chi connectivity index (χ3n) is 9.24. The van der Waals surface area contributed by atoms with Crippen molar-refractivity contribution in [1.82, 2.24) is 15.5 Å². The van der Waals surface area contributed by atoms with Crippen LogP contribution in [0.15, 0.2) is 42.5 Å². The minimum Gasteiger partial charge on any atom is -0.453 e.